The van der Waals surface area contributed by atoms with Gasteiger partial charge in [0.2, 0.25) is 15.9 Å². The first kappa shape index (κ1) is 22.0. The number of nitrogens with zero attached hydrogens (tertiary/aromatic N) is 2. The molecule has 1 aliphatic carbocycles. The van der Waals surface area contributed by atoms with Crippen LogP contribution < -0.4 is 10.1 Å². The van der Waals surface area contributed by atoms with Gasteiger partial charge in [0.05, 0.1) is 17.5 Å². The zero-order chi connectivity index (χ0) is 20.9. The minimum atomic E-state index is -3.56. The van der Waals surface area contributed by atoms with Gasteiger partial charge >= 0.3 is 0 Å². The molecule has 1 atom stereocenters. The third-order valence-electron chi connectivity index (χ3n) is 5.29. The molecule has 29 heavy (non-hydrogen) atoms. The number of carbonyl (C=O) groups is 1. The van der Waals surface area contributed by atoms with Crippen LogP contribution in [0.3, 0.4) is 0 Å². The Morgan fingerprint density at radius 1 is 1.14 bits per heavy atom. The quantitative estimate of drug-likeness (QED) is 0.565. The number of piperazine rings is 1. The summed E-state index contributed by atoms with van der Waals surface area (Å²) in [5, 5.41) is 3.01. The number of nitrogens with one attached hydrogen (secondary N) is 1. The Bertz CT molecular complexity index is 772. The smallest absolute Gasteiger partial charge is 0.243 e. The van der Waals surface area contributed by atoms with Gasteiger partial charge in [0.15, 0.2) is 0 Å². The van der Waals surface area contributed by atoms with Crippen LogP contribution in [0.25, 0.3) is 0 Å². The highest BCUT2D eigenvalue weighted by molar-refractivity contribution is 7.89. The SMILES string of the molecule is CCOCCOc1ccc(S(=O)(=O)N2CCN(C(C)C(=O)NC3CC3)CC2)cc1. The van der Waals surface area contributed by atoms with E-state index in [0.29, 0.717) is 57.8 Å². The van der Waals surface area contributed by atoms with Crippen LogP contribution in [-0.2, 0) is 19.6 Å². The molecule has 8 nitrogen and oxygen atoms in total. The highest BCUT2D eigenvalue weighted by Crippen LogP contribution is 2.22. The third kappa shape index (κ3) is 5.91. The minimum Gasteiger partial charge on any atom is -0.491 e. The maximum Gasteiger partial charge on any atom is 0.243 e. The minimum absolute atomic E-state index is 0.0312. The number of ether oxygens (including phenoxy) is 2. The molecule has 0 spiro atoms. The van der Waals surface area contributed by atoms with Gasteiger partial charge in [-0.1, -0.05) is 0 Å². The van der Waals surface area contributed by atoms with E-state index in [1.54, 1.807) is 24.3 Å². The first-order valence-electron chi connectivity index (χ1n) is 10.3. The lowest BCUT2D eigenvalue weighted by Crippen LogP contribution is -2.55. The second-order valence-electron chi connectivity index (χ2n) is 7.42. The van der Waals surface area contributed by atoms with Gasteiger partial charge in [0.1, 0.15) is 12.4 Å². The molecule has 1 amide bonds. The van der Waals surface area contributed by atoms with Gasteiger partial charge < -0.3 is 14.8 Å². The number of sulfonamides is 1. The monoisotopic (exact) mass is 425 g/mol. The lowest BCUT2D eigenvalue weighted by atomic mass is 10.2. The summed E-state index contributed by atoms with van der Waals surface area (Å²) in [4.78, 5) is 14.5. The van der Waals surface area contributed by atoms with Crippen molar-refractivity contribution in [2.45, 2.75) is 43.7 Å². The molecule has 2 aliphatic rings. The standard InChI is InChI=1S/C20H31N3O5S/c1-3-27-14-15-28-18-6-8-19(9-7-18)29(25,26)23-12-10-22(11-13-23)16(2)20(24)21-17-4-5-17/h6-9,16-17H,3-5,10-15H2,1-2H3,(H,21,24). The van der Waals surface area contributed by atoms with Crippen molar-refractivity contribution in [3.8, 4) is 5.75 Å². The van der Waals surface area contributed by atoms with Gasteiger partial charge in [0.25, 0.3) is 0 Å². The molecule has 1 aliphatic heterocycles. The molecule has 0 radical (unpaired) electrons. The van der Waals surface area contributed by atoms with Gasteiger partial charge in [-0.05, 0) is 51.0 Å². The van der Waals surface area contributed by atoms with Crippen LogP contribution in [0, 0.1) is 0 Å². The van der Waals surface area contributed by atoms with E-state index in [2.05, 4.69) is 5.32 Å². The Labute approximate surface area is 173 Å². The zero-order valence-electron chi connectivity index (χ0n) is 17.2. The van der Waals surface area contributed by atoms with E-state index < -0.39 is 10.0 Å². The molecule has 1 aromatic rings. The molecular weight excluding hydrogens is 394 g/mol. The van der Waals surface area contributed by atoms with E-state index in [-0.39, 0.29) is 16.8 Å². The van der Waals surface area contributed by atoms with E-state index in [4.69, 9.17) is 9.47 Å². The third-order valence-corrected chi connectivity index (χ3v) is 7.20. The van der Waals surface area contributed by atoms with Crippen LogP contribution in [0.15, 0.2) is 29.2 Å². The first-order chi connectivity index (χ1) is 13.9. The highest BCUT2D eigenvalue weighted by atomic mass is 32.2. The van der Waals surface area contributed by atoms with Gasteiger partial charge in [-0.25, -0.2) is 8.42 Å². The molecule has 9 heteroatoms. The van der Waals surface area contributed by atoms with Gasteiger partial charge in [-0.3, -0.25) is 9.69 Å². The number of carbonyl (C=O) groups excluding carboxylic acids is 1. The van der Waals surface area contributed by atoms with Crippen molar-refractivity contribution in [1.29, 1.82) is 0 Å². The summed E-state index contributed by atoms with van der Waals surface area (Å²) >= 11 is 0. The Balaban J connectivity index is 1.51. The van der Waals surface area contributed by atoms with E-state index >= 15 is 0 Å². The summed E-state index contributed by atoms with van der Waals surface area (Å²) < 4.78 is 38.1. The van der Waals surface area contributed by atoms with E-state index in [1.807, 2.05) is 18.7 Å². The summed E-state index contributed by atoms with van der Waals surface area (Å²) in [7, 11) is -3.56. The number of amides is 1. The summed E-state index contributed by atoms with van der Waals surface area (Å²) in [5.74, 6) is 0.646. The van der Waals surface area contributed by atoms with E-state index in [1.165, 1.54) is 4.31 Å². The van der Waals surface area contributed by atoms with Crippen molar-refractivity contribution in [2.75, 3.05) is 46.0 Å². The fourth-order valence-electron chi connectivity index (χ4n) is 3.27. The van der Waals surface area contributed by atoms with Gasteiger partial charge in [-0.15, -0.1) is 0 Å². The van der Waals surface area contributed by atoms with Crippen LogP contribution in [0.2, 0.25) is 0 Å². The summed E-state index contributed by atoms with van der Waals surface area (Å²) in [5.41, 5.74) is 0. The highest BCUT2D eigenvalue weighted by Gasteiger charge is 2.33. The molecule has 2 fully saturated rings. The van der Waals surface area contributed by atoms with Crippen molar-refractivity contribution in [3.63, 3.8) is 0 Å². The predicted octanol–water partition coefficient (Wildman–Crippen LogP) is 1.08. The van der Waals surface area contributed by atoms with Crippen LogP contribution in [-0.4, -0.2) is 81.6 Å². The molecule has 0 bridgehead atoms. The maximum absolute atomic E-state index is 12.9. The Morgan fingerprint density at radius 3 is 2.38 bits per heavy atom. The second-order valence-corrected chi connectivity index (χ2v) is 9.35. The fraction of sp³-hybridized carbons (Fsp3) is 0.650. The van der Waals surface area contributed by atoms with Crippen LogP contribution in [0.1, 0.15) is 26.7 Å². The normalized spacial score (nSPS) is 19.7. The van der Waals surface area contributed by atoms with Crippen molar-refractivity contribution in [2.24, 2.45) is 0 Å². The molecule has 1 saturated heterocycles. The topological polar surface area (TPSA) is 88.2 Å². The van der Waals surface area contributed by atoms with Gasteiger partial charge in [-0.2, -0.15) is 4.31 Å². The second kappa shape index (κ2) is 9.88. The molecule has 1 N–H and O–H groups in total. The first-order valence-corrected chi connectivity index (χ1v) is 11.7. The van der Waals surface area contributed by atoms with Crippen molar-refractivity contribution in [3.05, 3.63) is 24.3 Å². The van der Waals surface area contributed by atoms with Gasteiger partial charge in [0, 0.05) is 38.8 Å². The summed E-state index contributed by atoms with van der Waals surface area (Å²) in [6.07, 6.45) is 2.11. The molecular formula is C20H31N3O5S. The molecule has 1 saturated carbocycles. The predicted molar refractivity (Wildman–Crippen MR) is 109 cm³/mol. The van der Waals surface area contributed by atoms with Crippen LogP contribution >= 0.6 is 0 Å². The van der Waals surface area contributed by atoms with E-state index in [0.717, 1.165) is 12.8 Å². The summed E-state index contributed by atoms with van der Waals surface area (Å²) in [6, 6.07) is 6.57. The average molecular weight is 426 g/mol. The lowest BCUT2D eigenvalue weighted by Gasteiger charge is -2.36. The summed E-state index contributed by atoms with van der Waals surface area (Å²) in [6.45, 7) is 7.18. The molecule has 162 valence electrons. The number of rotatable bonds is 10. The number of hydrogen-bond acceptors (Lipinski definition) is 6. The molecule has 3 rings (SSSR count). The number of benzene rings is 1. The van der Waals surface area contributed by atoms with Crippen LogP contribution in [0.5, 0.6) is 5.75 Å². The largest absolute Gasteiger partial charge is 0.491 e. The Morgan fingerprint density at radius 2 is 1.79 bits per heavy atom. The average Bonchev–Trinajstić information content (AvgIpc) is 3.55. The Kier molecular flexibility index (Phi) is 7.50. The number of hydrogen-bond donors (Lipinski definition) is 1. The lowest BCUT2D eigenvalue weighted by molar-refractivity contribution is -0.126. The zero-order valence-corrected chi connectivity index (χ0v) is 18.0. The van der Waals surface area contributed by atoms with Crippen molar-refractivity contribution in [1.82, 2.24) is 14.5 Å². The molecule has 1 aromatic carbocycles. The molecule has 1 heterocycles. The van der Waals surface area contributed by atoms with E-state index in [9.17, 15) is 13.2 Å². The van der Waals surface area contributed by atoms with Crippen LogP contribution in [0.4, 0.5) is 0 Å². The fourth-order valence-corrected chi connectivity index (χ4v) is 4.69. The molecule has 1 unspecified atom stereocenters. The molecule has 0 aromatic heterocycles. The van der Waals surface area contributed by atoms with Crippen molar-refractivity contribution >= 4 is 15.9 Å². The van der Waals surface area contributed by atoms with Crippen molar-refractivity contribution < 1.29 is 22.7 Å². The Hall–Kier alpha value is -1.68. The maximum atomic E-state index is 12.9.